The van der Waals surface area contributed by atoms with E-state index in [1.165, 1.54) is 68.1 Å². The minimum Gasteiger partial charge on any atom is -0.444 e. The fourth-order valence-electron chi connectivity index (χ4n) is 9.28. The second-order valence-electron chi connectivity index (χ2n) is 16.0. The van der Waals surface area contributed by atoms with Gasteiger partial charge in [0.05, 0.1) is 28.5 Å². The van der Waals surface area contributed by atoms with E-state index in [0.717, 1.165) is 69.9 Å². The van der Waals surface area contributed by atoms with Crippen molar-refractivity contribution in [1.82, 2.24) is 25.1 Å². The molecule has 2 aliphatic heterocycles. The van der Waals surface area contributed by atoms with E-state index >= 15 is 0 Å². The average Bonchev–Trinajstić information content (AvgIpc) is 3.94. The number of rotatable bonds is 5. The molecule has 0 unspecified atom stereocenters. The van der Waals surface area contributed by atoms with Gasteiger partial charge in [-0.2, -0.15) is 0 Å². The highest BCUT2D eigenvalue weighted by atomic mass is 16.6. The number of fused-ring (bicyclic) bond motifs is 3. The molecule has 1 N–H and O–H groups in total. The first-order valence-corrected chi connectivity index (χ1v) is 18.6. The zero-order valence-corrected chi connectivity index (χ0v) is 29.0. The minimum atomic E-state index is -0.510. The molecule has 0 spiro atoms. The minimum absolute atomic E-state index is 0.00179. The number of ether oxygens (including phenoxy) is 1. The molecule has 1 saturated heterocycles. The Balaban J connectivity index is 0.975. The van der Waals surface area contributed by atoms with Crippen molar-refractivity contribution in [1.29, 1.82) is 0 Å². The van der Waals surface area contributed by atoms with E-state index in [-0.39, 0.29) is 12.1 Å². The number of aromatic nitrogens is 4. The molecule has 2 bridgehead atoms. The van der Waals surface area contributed by atoms with Crippen LogP contribution in [0.4, 0.5) is 4.79 Å². The number of benzene rings is 2. The largest absolute Gasteiger partial charge is 0.444 e. The maximum atomic E-state index is 12.9. The van der Waals surface area contributed by atoms with E-state index in [1.807, 2.05) is 31.9 Å². The Morgan fingerprint density at radius 2 is 1.45 bits per heavy atom. The summed E-state index contributed by atoms with van der Waals surface area (Å²) in [5.74, 6) is 2.77. The molecule has 8 nitrogen and oxygen atoms in total. The van der Waals surface area contributed by atoms with Crippen molar-refractivity contribution in [3.05, 3.63) is 71.2 Å². The van der Waals surface area contributed by atoms with Gasteiger partial charge >= 0.3 is 6.09 Å². The predicted molar refractivity (Wildman–Crippen MR) is 194 cm³/mol. The van der Waals surface area contributed by atoms with E-state index < -0.39 is 5.60 Å². The fraction of sp³-hybridized carbons (Fsp3) is 0.488. The zero-order valence-electron chi connectivity index (χ0n) is 29.0. The first kappa shape index (κ1) is 30.7. The smallest absolute Gasteiger partial charge is 0.410 e. The number of hydrogen-bond donors (Lipinski definition) is 1. The summed E-state index contributed by atoms with van der Waals surface area (Å²) in [5.41, 5.74) is 12.3. The van der Waals surface area contributed by atoms with Crippen molar-refractivity contribution < 1.29 is 9.53 Å². The number of carbonyl (C=O) groups is 1. The number of H-pyrrole nitrogens is 1. The third-order valence-electron chi connectivity index (χ3n) is 11.7. The summed E-state index contributed by atoms with van der Waals surface area (Å²) in [7, 11) is 0. The van der Waals surface area contributed by atoms with Crippen LogP contribution in [0.3, 0.4) is 0 Å². The van der Waals surface area contributed by atoms with Crippen LogP contribution in [0.1, 0.15) is 132 Å². The van der Waals surface area contributed by atoms with Gasteiger partial charge in [-0.3, -0.25) is 9.89 Å². The summed E-state index contributed by atoms with van der Waals surface area (Å²) < 4.78 is 5.70. The molecule has 1 atom stereocenters. The molecule has 6 aliphatic rings. The molecule has 3 fully saturated rings. The molecule has 10 rings (SSSR count). The van der Waals surface area contributed by atoms with Gasteiger partial charge in [-0.05, 0) is 118 Å². The van der Waals surface area contributed by atoms with Gasteiger partial charge in [0.25, 0.3) is 0 Å². The van der Waals surface area contributed by atoms with E-state index in [9.17, 15) is 4.79 Å². The normalized spacial score (nSPS) is 23.7. The van der Waals surface area contributed by atoms with Crippen LogP contribution in [0.15, 0.2) is 53.7 Å². The van der Waals surface area contributed by atoms with E-state index in [0.29, 0.717) is 24.3 Å². The second kappa shape index (κ2) is 11.9. The molecule has 4 heterocycles. The van der Waals surface area contributed by atoms with E-state index in [1.54, 1.807) is 0 Å². The quantitative estimate of drug-likeness (QED) is 0.231. The monoisotopic (exact) mass is 654 g/mol. The number of allylic oxidation sites excluding steroid dienone is 1. The Morgan fingerprint density at radius 3 is 2.14 bits per heavy atom. The number of aliphatic imine (C=N–C) groups is 1. The van der Waals surface area contributed by atoms with Gasteiger partial charge in [0.2, 0.25) is 0 Å². The Labute approximate surface area is 288 Å². The molecule has 4 aliphatic carbocycles. The number of nitrogens with one attached hydrogen (secondary N) is 1. The van der Waals surface area contributed by atoms with Gasteiger partial charge < -0.3 is 9.72 Å². The van der Waals surface area contributed by atoms with Gasteiger partial charge in [0, 0.05) is 41.9 Å². The van der Waals surface area contributed by atoms with Crippen LogP contribution in [0.25, 0.3) is 39.1 Å². The van der Waals surface area contributed by atoms with Crippen molar-refractivity contribution in [2.24, 2.45) is 4.99 Å². The lowest BCUT2D eigenvalue weighted by molar-refractivity contribution is 0.0265. The molecule has 2 saturated carbocycles. The predicted octanol–water partition coefficient (Wildman–Crippen LogP) is 9.68. The number of imidazole rings is 1. The standard InChI is InChI=1S/C41H46N6O2/c1-41(2,3)49-40(48)47-20-6-9-34(47)33-22-30(23-42-33)24-10-16-27(17-11-24)37-35-25-12-14-26(15-13-25)36(35)38(46-45-37)29-18-19-31-32(21-29)44-39(43-31)28-7-4-5-8-28/h10-11,16-19,21,23,25-26,28,34H,4-9,12-15,20,22H2,1-3H3,(H,43,44)/t25?,26?,34-/m0/s1. The summed E-state index contributed by atoms with van der Waals surface area (Å²) >= 11 is 0. The second-order valence-corrected chi connectivity index (χ2v) is 16.0. The van der Waals surface area contributed by atoms with Crippen LogP contribution < -0.4 is 0 Å². The average molecular weight is 655 g/mol. The number of hydrogen-bond acceptors (Lipinski definition) is 6. The molecular weight excluding hydrogens is 608 g/mol. The molecule has 2 aromatic carbocycles. The SMILES string of the molecule is CC(C)(C)OC(=O)N1CCC[C@H]1C1=NC=C(c2ccc(-c3nnc(-c4ccc5nc(C6CCCC6)[nH]c5c4)c4c3C3CCC4CC3)cc2)C1. The summed E-state index contributed by atoms with van der Waals surface area (Å²) in [5, 5.41) is 9.97. The van der Waals surface area contributed by atoms with Crippen LogP contribution in [0.5, 0.6) is 0 Å². The highest BCUT2D eigenvalue weighted by Gasteiger charge is 2.39. The number of nitrogens with zero attached hydrogens (tertiary/aromatic N) is 5. The Morgan fingerprint density at radius 1 is 0.796 bits per heavy atom. The van der Waals surface area contributed by atoms with Crippen molar-refractivity contribution in [3.8, 4) is 22.5 Å². The Kier molecular flexibility index (Phi) is 7.47. The van der Waals surface area contributed by atoms with Crippen molar-refractivity contribution >= 4 is 28.4 Å². The van der Waals surface area contributed by atoms with Gasteiger partial charge in [0.15, 0.2) is 0 Å². The molecule has 1 amide bonds. The van der Waals surface area contributed by atoms with Crippen molar-refractivity contribution in [2.45, 2.75) is 121 Å². The lowest BCUT2D eigenvalue weighted by atomic mass is 9.65. The number of aromatic amines is 1. The highest BCUT2D eigenvalue weighted by Crippen LogP contribution is 2.54. The highest BCUT2D eigenvalue weighted by molar-refractivity contribution is 6.03. The Bertz CT molecular complexity index is 1990. The fourth-order valence-corrected chi connectivity index (χ4v) is 9.28. The van der Waals surface area contributed by atoms with Crippen LogP contribution in [-0.4, -0.2) is 55.1 Å². The first-order valence-electron chi connectivity index (χ1n) is 18.6. The third kappa shape index (κ3) is 5.57. The molecule has 2 aromatic heterocycles. The first-order chi connectivity index (χ1) is 23.8. The molecule has 252 valence electrons. The summed E-state index contributed by atoms with van der Waals surface area (Å²) in [6, 6.07) is 15.5. The summed E-state index contributed by atoms with van der Waals surface area (Å²) in [6.07, 6.45) is 14.4. The maximum absolute atomic E-state index is 12.9. The van der Waals surface area contributed by atoms with Gasteiger partial charge in [-0.25, -0.2) is 9.78 Å². The zero-order chi connectivity index (χ0) is 33.3. The summed E-state index contributed by atoms with van der Waals surface area (Å²) in [6.45, 7) is 6.47. The molecule has 49 heavy (non-hydrogen) atoms. The van der Waals surface area contributed by atoms with Crippen molar-refractivity contribution in [2.75, 3.05) is 6.54 Å². The van der Waals surface area contributed by atoms with E-state index in [2.05, 4.69) is 47.4 Å². The van der Waals surface area contributed by atoms with Crippen LogP contribution >= 0.6 is 0 Å². The summed E-state index contributed by atoms with van der Waals surface area (Å²) in [4.78, 5) is 28.2. The lowest BCUT2D eigenvalue weighted by Crippen LogP contribution is -2.43. The molecule has 0 radical (unpaired) electrons. The van der Waals surface area contributed by atoms with Crippen LogP contribution in [0, 0.1) is 0 Å². The molecule has 4 aromatic rings. The molecular formula is C41H46N6O2. The Hall–Kier alpha value is -4.33. The van der Waals surface area contributed by atoms with Crippen molar-refractivity contribution in [3.63, 3.8) is 0 Å². The topological polar surface area (TPSA) is 96.4 Å². The van der Waals surface area contributed by atoms with Gasteiger partial charge in [-0.15, -0.1) is 10.2 Å². The van der Waals surface area contributed by atoms with Gasteiger partial charge in [0.1, 0.15) is 11.4 Å². The van der Waals surface area contributed by atoms with Crippen LogP contribution in [0.2, 0.25) is 0 Å². The number of likely N-dealkylation sites (tertiary alicyclic amines) is 1. The maximum Gasteiger partial charge on any atom is 0.410 e. The van der Waals surface area contributed by atoms with Crippen LogP contribution in [-0.2, 0) is 4.74 Å². The van der Waals surface area contributed by atoms with Gasteiger partial charge in [-0.1, -0.05) is 43.2 Å². The lowest BCUT2D eigenvalue weighted by Gasteiger charge is -2.40. The molecule has 8 heteroatoms. The number of carbonyl (C=O) groups excluding carboxylic acids is 1. The number of amides is 1. The third-order valence-corrected chi connectivity index (χ3v) is 11.7. The van der Waals surface area contributed by atoms with E-state index in [4.69, 9.17) is 24.9 Å².